The molecule has 11 nitrogen and oxygen atoms in total. The number of rotatable bonds is 6. The third-order valence-corrected chi connectivity index (χ3v) is 5.77. The first kappa shape index (κ1) is 21.0. The molecule has 33 heavy (non-hydrogen) atoms. The van der Waals surface area contributed by atoms with Gasteiger partial charge in [0.05, 0.1) is 18.9 Å². The molecule has 0 atom stereocenters. The molecule has 170 valence electrons. The number of aryl methyl sites for hydroxylation is 1. The van der Waals surface area contributed by atoms with E-state index in [2.05, 4.69) is 35.8 Å². The van der Waals surface area contributed by atoms with E-state index in [1.807, 2.05) is 26.0 Å². The summed E-state index contributed by atoms with van der Waals surface area (Å²) in [5.41, 5.74) is 4.75. The van der Waals surface area contributed by atoms with Crippen LogP contribution in [-0.4, -0.2) is 62.5 Å². The lowest BCUT2D eigenvalue weighted by molar-refractivity contribution is -0.116. The van der Waals surface area contributed by atoms with Crippen LogP contribution in [0.1, 0.15) is 23.4 Å². The number of hydrogen-bond donors (Lipinski definition) is 1. The van der Waals surface area contributed by atoms with Gasteiger partial charge in [-0.15, -0.1) is 10.2 Å². The molecule has 0 spiro atoms. The van der Waals surface area contributed by atoms with Crippen molar-refractivity contribution >= 4 is 28.4 Å². The van der Waals surface area contributed by atoms with Crippen LogP contribution in [0.3, 0.4) is 0 Å². The first-order chi connectivity index (χ1) is 16.1. The maximum atomic E-state index is 12.5. The molecule has 1 N–H and O–H groups in total. The lowest BCUT2D eigenvalue weighted by Crippen LogP contribution is -2.36. The summed E-state index contributed by atoms with van der Waals surface area (Å²) in [7, 11) is 0. The maximum absolute atomic E-state index is 12.5. The zero-order valence-electron chi connectivity index (χ0n) is 18.5. The van der Waals surface area contributed by atoms with Crippen molar-refractivity contribution in [2.24, 2.45) is 0 Å². The van der Waals surface area contributed by atoms with E-state index in [0.717, 1.165) is 35.9 Å². The third-order valence-electron chi connectivity index (χ3n) is 5.77. The monoisotopic (exact) mass is 448 g/mol. The Bertz CT molecular complexity index is 1270. The lowest BCUT2D eigenvalue weighted by atomic mass is 10.1. The van der Waals surface area contributed by atoms with Crippen molar-refractivity contribution in [3.8, 4) is 5.82 Å². The smallest absolute Gasteiger partial charge is 0.224 e. The van der Waals surface area contributed by atoms with E-state index >= 15 is 0 Å². The quantitative estimate of drug-likeness (QED) is 0.473. The van der Waals surface area contributed by atoms with Gasteiger partial charge < -0.3 is 15.0 Å². The highest BCUT2D eigenvalue weighted by atomic mass is 16.6. The van der Waals surface area contributed by atoms with Crippen LogP contribution in [0.25, 0.3) is 16.9 Å². The van der Waals surface area contributed by atoms with Crippen LogP contribution in [0.5, 0.6) is 0 Å². The van der Waals surface area contributed by atoms with Gasteiger partial charge in [0.25, 0.3) is 0 Å². The Morgan fingerprint density at radius 2 is 1.79 bits per heavy atom. The Hall–Kier alpha value is -3.86. The zero-order valence-corrected chi connectivity index (χ0v) is 18.5. The number of anilines is 2. The van der Waals surface area contributed by atoms with E-state index in [1.165, 1.54) is 0 Å². The van der Waals surface area contributed by atoms with Gasteiger partial charge in [-0.2, -0.15) is 5.10 Å². The molecule has 1 aromatic carbocycles. The topological polar surface area (TPSA) is 124 Å². The molecule has 4 aromatic rings. The number of fused-ring (bicyclic) bond motifs is 1. The van der Waals surface area contributed by atoms with Crippen molar-refractivity contribution in [1.29, 1.82) is 0 Å². The van der Waals surface area contributed by atoms with Crippen LogP contribution in [0.2, 0.25) is 0 Å². The van der Waals surface area contributed by atoms with E-state index in [-0.39, 0.29) is 5.91 Å². The highest BCUT2D eigenvalue weighted by molar-refractivity contribution is 5.92. The SMILES string of the molecule is Cc1nn(-c2ccc(N3CCOCC3)nn2)c(C)c1CCC(=O)Nc1ccc2nonc2c1. The standard InChI is InChI=1S/C22H24N8O3/c1-14-17(4-8-22(31)23-16-3-5-18-19(13-16)28-33-27-18)15(2)30(26-14)21-7-6-20(24-25-21)29-9-11-32-12-10-29/h3,5-7,13H,4,8-12H2,1-2H3,(H,23,31). The minimum Gasteiger partial charge on any atom is -0.378 e. The van der Waals surface area contributed by atoms with Crippen molar-refractivity contribution < 1.29 is 14.2 Å². The van der Waals surface area contributed by atoms with Crippen molar-refractivity contribution in [2.45, 2.75) is 26.7 Å². The highest BCUT2D eigenvalue weighted by Gasteiger charge is 2.17. The minimum atomic E-state index is -0.0907. The first-order valence-corrected chi connectivity index (χ1v) is 10.8. The average molecular weight is 448 g/mol. The number of nitrogens with zero attached hydrogens (tertiary/aromatic N) is 7. The predicted molar refractivity (Wildman–Crippen MR) is 120 cm³/mol. The van der Waals surface area contributed by atoms with Gasteiger partial charge in [-0.05, 0) is 66.5 Å². The van der Waals surface area contributed by atoms with Gasteiger partial charge in [0, 0.05) is 30.9 Å². The van der Waals surface area contributed by atoms with Crippen LogP contribution in [-0.2, 0) is 16.0 Å². The Morgan fingerprint density at radius 1 is 1.03 bits per heavy atom. The second-order valence-corrected chi connectivity index (χ2v) is 7.93. The molecule has 0 saturated carbocycles. The maximum Gasteiger partial charge on any atom is 0.224 e. The van der Waals surface area contributed by atoms with Gasteiger partial charge in [-0.3, -0.25) is 4.79 Å². The van der Waals surface area contributed by atoms with Gasteiger partial charge in [0.15, 0.2) is 11.6 Å². The summed E-state index contributed by atoms with van der Waals surface area (Å²) in [6.45, 7) is 6.94. The Kier molecular flexibility index (Phi) is 5.69. The zero-order chi connectivity index (χ0) is 22.8. The van der Waals surface area contributed by atoms with Crippen molar-refractivity contribution in [3.05, 3.63) is 47.3 Å². The lowest BCUT2D eigenvalue weighted by Gasteiger charge is -2.27. The van der Waals surface area contributed by atoms with Crippen LogP contribution in [0.4, 0.5) is 11.5 Å². The van der Waals surface area contributed by atoms with Gasteiger partial charge in [-0.1, -0.05) is 0 Å². The summed E-state index contributed by atoms with van der Waals surface area (Å²) >= 11 is 0. The van der Waals surface area contributed by atoms with Gasteiger partial charge in [0.1, 0.15) is 11.0 Å². The fourth-order valence-electron chi connectivity index (χ4n) is 3.97. The molecule has 0 radical (unpaired) electrons. The van der Waals surface area contributed by atoms with E-state index in [1.54, 1.807) is 22.9 Å². The molecule has 1 aliphatic rings. The third kappa shape index (κ3) is 4.40. The summed E-state index contributed by atoms with van der Waals surface area (Å²) in [5.74, 6) is 1.39. The molecule has 0 unspecified atom stereocenters. The molecule has 1 aliphatic heterocycles. The predicted octanol–water partition coefficient (Wildman–Crippen LogP) is 2.22. The molecule has 0 aliphatic carbocycles. The summed E-state index contributed by atoms with van der Waals surface area (Å²) < 4.78 is 11.9. The number of carbonyl (C=O) groups is 1. The molecule has 1 amide bonds. The van der Waals surface area contributed by atoms with Crippen LogP contribution in [0, 0.1) is 13.8 Å². The van der Waals surface area contributed by atoms with E-state index in [4.69, 9.17) is 9.37 Å². The average Bonchev–Trinajstić information content (AvgIpc) is 3.42. The molecule has 1 fully saturated rings. The summed E-state index contributed by atoms with van der Waals surface area (Å²) in [6.07, 6.45) is 0.890. The Balaban J connectivity index is 1.25. The van der Waals surface area contributed by atoms with Crippen molar-refractivity contribution in [3.63, 3.8) is 0 Å². The number of morpholine rings is 1. The number of aromatic nitrogens is 6. The van der Waals surface area contributed by atoms with E-state index in [0.29, 0.717) is 48.6 Å². The Morgan fingerprint density at radius 3 is 2.58 bits per heavy atom. The second kappa shape index (κ2) is 8.94. The number of carbonyl (C=O) groups excluding carboxylic acids is 1. The molecular weight excluding hydrogens is 424 g/mol. The van der Waals surface area contributed by atoms with Crippen molar-refractivity contribution in [1.82, 2.24) is 30.3 Å². The largest absolute Gasteiger partial charge is 0.378 e. The van der Waals surface area contributed by atoms with Crippen LogP contribution < -0.4 is 10.2 Å². The van der Waals surface area contributed by atoms with E-state index in [9.17, 15) is 4.79 Å². The first-order valence-electron chi connectivity index (χ1n) is 10.8. The number of hydrogen-bond acceptors (Lipinski definition) is 9. The molecule has 0 bridgehead atoms. The number of nitrogens with one attached hydrogen (secondary N) is 1. The van der Waals surface area contributed by atoms with Crippen LogP contribution >= 0.6 is 0 Å². The number of benzene rings is 1. The summed E-state index contributed by atoms with van der Waals surface area (Å²) in [4.78, 5) is 14.7. The van der Waals surface area contributed by atoms with Gasteiger partial charge in [0.2, 0.25) is 5.91 Å². The molecule has 4 heterocycles. The molecule has 5 rings (SSSR count). The molecular formula is C22H24N8O3. The van der Waals surface area contributed by atoms with Crippen molar-refractivity contribution in [2.75, 3.05) is 36.5 Å². The molecule has 1 saturated heterocycles. The van der Waals surface area contributed by atoms with Gasteiger partial charge >= 0.3 is 0 Å². The normalized spacial score (nSPS) is 14.1. The fraction of sp³-hybridized carbons (Fsp3) is 0.364. The minimum absolute atomic E-state index is 0.0907. The number of amides is 1. The highest BCUT2D eigenvalue weighted by Crippen LogP contribution is 2.21. The fourth-order valence-corrected chi connectivity index (χ4v) is 3.97. The van der Waals surface area contributed by atoms with Crippen LogP contribution in [0.15, 0.2) is 35.0 Å². The Labute approximate surface area is 189 Å². The number of ether oxygens (including phenoxy) is 1. The molecule has 3 aromatic heterocycles. The summed E-state index contributed by atoms with van der Waals surface area (Å²) in [6, 6.07) is 9.14. The van der Waals surface area contributed by atoms with Gasteiger partial charge in [-0.25, -0.2) is 9.31 Å². The second-order valence-electron chi connectivity index (χ2n) is 7.93. The molecule has 11 heteroatoms. The van der Waals surface area contributed by atoms with E-state index < -0.39 is 0 Å². The summed E-state index contributed by atoms with van der Waals surface area (Å²) in [5, 5.41) is 23.9.